The zero-order valence-corrected chi connectivity index (χ0v) is 12.9. The van der Waals surface area contributed by atoms with Crippen molar-refractivity contribution in [1.82, 2.24) is 10.2 Å². The van der Waals surface area contributed by atoms with Crippen molar-refractivity contribution in [3.63, 3.8) is 0 Å². The zero-order chi connectivity index (χ0) is 14.0. The summed E-state index contributed by atoms with van der Waals surface area (Å²) >= 11 is 0. The fraction of sp³-hybridized carbons (Fsp3) is 0.941. The van der Waals surface area contributed by atoms with Crippen molar-refractivity contribution >= 4 is 0 Å². The predicted molar refractivity (Wildman–Crippen MR) is 81.3 cm³/mol. The average molecular weight is 275 g/mol. The third kappa shape index (κ3) is 2.73. The molecule has 0 aromatic rings. The van der Waals surface area contributed by atoms with Crippen LogP contribution in [0.3, 0.4) is 0 Å². The van der Waals surface area contributed by atoms with Crippen LogP contribution < -0.4 is 5.32 Å². The van der Waals surface area contributed by atoms with E-state index < -0.39 is 0 Å². The van der Waals surface area contributed by atoms with E-state index in [9.17, 15) is 5.26 Å². The molecule has 0 bridgehead atoms. The van der Waals surface area contributed by atoms with E-state index in [4.69, 9.17) is 0 Å². The molecular formula is C17H29N3. The second-order valence-electron chi connectivity index (χ2n) is 7.11. The molecule has 3 fully saturated rings. The lowest BCUT2D eigenvalue weighted by molar-refractivity contribution is 0.0412. The van der Waals surface area contributed by atoms with Crippen molar-refractivity contribution in [2.45, 2.75) is 69.9 Å². The molecule has 3 nitrogen and oxygen atoms in total. The van der Waals surface area contributed by atoms with E-state index >= 15 is 0 Å². The van der Waals surface area contributed by atoms with Gasteiger partial charge in [0.05, 0.1) is 6.07 Å². The fourth-order valence-corrected chi connectivity index (χ4v) is 4.63. The summed E-state index contributed by atoms with van der Waals surface area (Å²) in [5.74, 6) is 1.51. The first-order valence-corrected chi connectivity index (χ1v) is 8.69. The van der Waals surface area contributed by atoms with Crippen LogP contribution in [0.1, 0.15) is 58.3 Å². The molecule has 1 N–H and O–H groups in total. The van der Waals surface area contributed by atoms with Crippen LogP contribution in [-0.4, -0.2) is 36.1 Å². The maximum atomic E-state index is 9.81. The van der Waals surface area contributed by atoms with Crippen LogP contribution >= 0.6 is 0 Å². The molecule has 20 heavy (non-hydrogen) atoms. The highest BCUT2D eigenvalue weighted by molar-refractivity contribution is 5.17. The molecule has 3 atom stereocenters. The van der Waals surface area contributed by atoms with Crippen LogP contribution in [0.5, 0.6) is 0 Å². The van der Waals surface area contributed by atoms with Gasteiger partial charge in [-0.05, 0) is 63.5 Å². The van der Waals surface area contributed by atoms with Crippen molar-refractivity contribution in [2.24, 2.45) is 11.8 Å². The van der Waals surface area contributed by atoms with Crippen LogP contribution in [0.4, 0.5) is 0 Å². The summed E-state index contributed by atoms with van der Waals surface area (Å²) in [6.45, 7) is 5.21. The van der Waals surface area contributed by atoms with Gasteiger partial charge in [0.2, 0.25) is 0 Å². The Balaban J connectivity index is 1.72. The molecule has 1 saturated heterocycles. The topological polar surface area (TPSA) is 39.1 Å². The van der Waals surface area contributed by atoms with Gasteiger partial charge in [0.15, 0.2) is 0 Å². The van der Waals surface area contributed by atoms with Crippen LogP contribution in [-0.2, 0) is 0 Å². The minimum atomic E-state index is -0.270. The van der Waals surface area contributed by atoms with Gasteiger partial charge in [-0.25, -0.2) is 0 Å². The van der Waals surface area contributed by atoms with Gasteiger partial charge in [-0.3, -0.25) is 10.2 Å². The minimum Gasteiger partial charge on any atom is -0.298 e. The van der Waals surface area contributed by atoms with E-state index in [0.717, 1.165) is 25.0 Å². The van der Waals surface area contributed by atoms with Gasteiger partial charge in [0.25, 0.3) is 0 Å². The first kappa shape index (κ1) is 14.4. The van der Waals surface area contributed by atoms with Crippen LogP contribution in [0.15, 0.2) is 0 Å². The summed E-state index contributed by atoms with van der Waals surface area (Å²) in [5.41, 5.74) is -0.270. The van der Waals surface area contributed by atoms with Gasteiger partial charge >= 0.3 is 0 Å². The molecule has 112 valence electrons. The Morgan fingerprint density at radius 2 is 1.90 bits per heavy atom. The Kier molecular flexibility index (Phi) is 4.33. The number of piperidine rings is 1. The van der Waals surface area contributed by atoms with E-state index in [1.54, 1.807) is 0 Å². The zero-order valence-electron chi connectivity index (χ0n) is 12.9. The summed E-state index contributed by atoms with van der Waals surface area (Å²) in [4.78, 5) is 2.68. The molecule has 0 aromatic heterocycles. The van der Waals surface area contributed by atoms with Gasteiger partial charge in [-0.15, -0.1) is 0 Å². The first-order chi connectivity index (χ1) is 9.79. The molecule has 3 heteroatoms. The standard InChI is InChI=1S/C17H29N3/c1-2-19-17(12-18,15-9-10-15)13-20-11-5-7-14-6-3-4-8-16(14)20/h14-16,19H,2-11,13H2,1H3. The molecule has 0 aromatic carbocycles. The van der Waals surface area contributed by atoms with E-state index in [1.807, 2.05) is 0 Å². The minimum absolute atomic E-state index is 0.270. The molecule has 1 heterocycles. The molecule has 0 spiro atoms. The van der Waals surface area contributed by atoms with Gasteiger partial charge in [0, 0.05) is 12.6 Å². The molecule has 0 amide bonds. The fourth-order valence-electron chi connectivity index (χ4n) is 4.63. The first-order valence-electron chi connectivity index (χ1n) is 8.69. The molecule has 3 unspecified atom stereocenters. The number of nitrogens with one attached hydrogen (secondary N) is 1. The lowest BCUT2D eigenvalue weighted by Crippen LogP contribution is -2.59. The van der Waals surface area contributed by atoms with Gasteiger partial charge in [0.1, 0.15) is 5.54 Å². The van der Waals surface area contributed by atoms with Crippen molar-refractivity contribution < 1.29 is 0 Å². The Morgan fingerprint density at radius 3 is 2.60 bits per heavy atom. The number of rotatable bonds is 5. The Labute approximate surface area is 123 Å². The lowest BCUT2D eigenvalue weighted by atomic mass is 9.77. The van der Waals surface area contributed by atoms with E-state index in [0.29, 0.717) is 5.92 Å². The number of fused-ring (bicyclic) bond motifs is 1. The number of hydrogen-bond donors (Lipinski definition) is 1. The van der Waals surface area contributed by atoms with Crippen molar-refractivity contribution in [2.75, 3.05) is 19.6 Å². The number of nitrogens with zero attached hydrogens (tertiary/aromatic N) is 2. The monoisotopic (exact) mass is 275 g/mol. The van der Waals surface area contributed by atoms with Crippen molar-refractivity contribution in [1.29, 1.82) is 5.26 Å². The predicted octanol–water partition coefficient (Wildman–Crippen LogP) is 2.92. The summed E-state index contributed by atoms with van der Waals surface area (Å²) in [7, 11) is 0. The molecular weight excluding hydrogens is 246 g/mol. The number of likely N-dealkylation sites (tertiary alicyclic amines) is 1. The highest BCUT2D eigenvalue weighted by Gasteiger charge is 2.48. The highest BCUT2D eigenvalue weighted by Crippen LogP contribution is 2.42. The van der Waals surface area contributed by atoms with Crippen LogP contribution in [0.2, 0.25) is 0 Å². The van der Waals surface area contributed by atoms with Crippen molar-refractivity contribution in [3.8, 4) is 6.07 Å². The van der Waals surface area contributed by atoms with Crippen LogP contribution in [0, 0.1) is 23.2 Å². The van der Waals surface area contributed by atoms with Gasteiger partial charge in [-0.1, -0.05) is 19.8 Å². The highest BCUT2D eigenvalue weighted by atomic mass is 15.2. The second kappa shape index (κ2) is 6.03. The molecule has 3 aliphatic rings. The summed E-state index contributed by atoms with van der Waals surface area (Å²) in [6.07, 6.45) is 10.8. The van der Waals surface area contributed by atoms with E-state index in [-0.39, 0.29) is 5.54 Å². The molecule has 1 aliphatic heterocycles. The SMILES string of the molecule is CCNC(C#N)(CN1CCCC2CCCCC21)C1CC1. The second-order valence-corrected chi connectivity index (χ2v) is 7.11. The quantitative estimate of drug-likeness (QED) is 0.838. The number of likely N-dealkylation sites (N-methyl/N-ethyl adjacent to an activating group) is 1. The Hall–Kier alpha value is -0.590. The molecule has 3 rings (SSSR count). The Bertz CT molecular complexity index is 369. The summed E-state index contributed by atoms with van der Waals surface area (Å²) in [6, 6.07) is 3.43. The van der Waals surface area contributed by atoms with Crippen LogP contribution in [0.25, 0.3) is 0 Å². The molecule has 2 aliphatic carbocycles. The smallest absolute Gasteiger partial charge is 0.122 e. The van der Waals surface area contributed by atoms with Crippen molar-refractivity contribution in [3.05, 3.63) is 0 Å². The Morgan fingerprint density at radius 1 is 1.15 bits per heavy atom. The molecule has 0 radical (unpaired) electrons. The summed E-state index contributed by atoms with van der Waals surface area (Å²) < 4.78 is 0. The normalized spacial score (nSPS) is 34.0. The van der Waals surface area contributed by atoms with Gasteiger partial charge < -0.3 is 0 Å². The van der Waals surface area contributed by atoms with E-state index in [1.165, 1.54) is 57.9 Å². The largest absolute Gasteiger partial charge is 0.298 e. The maximum absolute atomic E-state index is 9.81. The third-order valence-corrected chi connectivity index (χ3v) is 5.78. The van der Waals surface area contributed by atoms with E-state index in [2.05, 4.69) is 23.2 Å². The summed E-state index contributed by atoms with van der Waals surface area (Å²) in [5, 5.41) is 13.4. The average Bonchev–Trinajstić information content (AvgIpc) is 3.32. The number of hydrogen-bond acceptors (Lipinski definition) is 3. The third-order valence-electron chi connectivity index (χ3n) is 5.78. The number of nitriles is 1. The molecule has 2 saturated carbocycles. The lowest BCUT2D eigenvalue weighted by Gasteiger charge is -2.47. The van der Waals surface area contributed by atoms with Gasteiger partial charge in [-0.2, -0.15) is 5.26 Å². The maximum Gasteiger partial charge on any atom is 0.122 e.